The van der Waals surface area contributed by atoms with Crippen LogP contribution in [0.15, 0.2) is 36.5 Å². The highest BCUT2D eigenvalue weighted by Crippen LogP contribution is 2.25. The van der Waals surface area contributed by atoms with Crippen LogP contribution in [-0.4, -0.2) is 27.8 Å². The molecule has 1 heterocycles. The average molecular weight is 232 g/mol. The normalized spacial score (nSPS) is 14.8. The van der Waals surface area contributed by atoms with Crippen molar-refractivity contribution in [3.05, 3.63) is 42.1 Å². The summed E-state index contributed by atoms with van der Waals surface area (Å²) < 4.78 is 0. The maximum Gasteiger partial charge on any atom is 0.106 e. The Morgan fingerprint density at radius 3 is 2.76 bits per heavy atom. The molecule has 0 fully saturated rings. The molecule has 0 spiro atoms. The lowest BCUT2D eigenvalue weighted by atomic mass is 9.98. The summed E-state index contributed by atoms with van der Waals surface area (Å²) in [7, 11) is 0. The van der Waals surface area contributed by atoms with E-state index in [9.17, 15) is 10.2 Å². The molecule has 0 radical (unpaired) electrons. The lowest BCUT2D eigenvalue weighted by Gasteiger charge is -2.18. The standard InChI is InChI=1S/C13H16N2O2/c14-7-6-12(16)13(17)10-3-1-5-11-9(10)4-2-8-15-11/h1-5,8,12-13,16-17H,6-7,14H2. The van der Waals surface area contributed by atoms with Crippen molar-refractivity contribution < 1.29 is 10.2 Å². The largest absolute Gasteiger partial charge is 0.390 e. The second-order valence-electron chi connectivity index (χ2n) is 4.01. The highest BCUT2D eigenvalue weighted by atomic mass is 16.3. The third-order valence-corrected chi connectivity index (χ3v) is 2.82. The topological polar surface area (TPSA) is 79.4 Å². The van der Waals surface area contributed by atoms with Gasteiger partial charge < -0.3 is 15.9 Å². The quantitative estimate of drug-likeness (QED) is 0.734. The first-order valence-electron chi connectivity index (χ1n) is 5.64. The van der Waals surface area contributed by atoms with Gasteiger partial charge in [0.1, 0.15) is 6.10 Å². The fraction of sp³-hybridized carbons (Fsp3) is 0.308. The molecule has 17 heavy (non-hydrogen) atoms. The van der Waals surface area contributed by atoms with Gasteiger partial charge in [0.05, 0.1) is 11.6 Å². The number of rotatable bonds is 4. The molecule has 4 nitrogen and oxygen atoms in total. The Balaban J connectivity index is 2.41. The third kappa shape index (κ3) is 2.44. The summed E-state index contributed by atoms with van der Waals surface area (Å²) in [5.41, 5.74) is 6.88. The second kappa shape index (κ2) is 5.23. The lowest BCUT2D eigenvalue weighted by Crippen LogP contribution is -2.21. The summed E-state index contributed by atoms with van der Waals surface area (Å²) in [6.07, 6.45) is 0.310. The molecular weight excluding hydrogens is 216 g/mol. The molecule has 1 aromatic carbocycles. The molecule has 0 aliphatic rings. The van der Waals surface area contributed by atoms with Gasteiger partial charge in [-0.1, -0.05) is 18.2 Å². The molecule has 2 atom stereocenters. The van der Waals surface area contributed by atoms with Crippen molar-refractivity contribution in [1.82, 2.24) is 4.98 Å². The molecule has 0 bridgehead atoms. The first kappa shape index (κ1) is 12.0. The van der Waals surface area contributed by atoms with Crippen molar-refractivity contribution in [2.45, 2.75) is 18.6 Å². The predicted octanol–water partition coefficient (Wildman–Crippen LogP) is 0.978. The number of aliphatic hydroxyl groups is 2. The number of aromatic nitrogens is 1. The van der Waals surface area contributed by atoms with Crippen molar-refractivity contribution in [2.24, 2.45) is 5.73 Å². The fourth-order valence-electron chi connectivity index (χ4n) is 1.92. The Morgan fingerprint density at radius 2 is 2.00 bits per heavy atom. The van der Waals surface area contributed by atoms with Crippen LogP contribution in [0.25, 0.3) is 10.9 Å². The zero-order valence-corrected chi connectivity index (χ0v) is 9.45. The summed E-state index contributed by atoms with van der Waals surface area (Å²) in [6.45, 7) is 0.348. The zero-order valence-electron chi connectivity index (χ0n) is 9.45. The van der Waals surface area contributed by atoms with E-state index in [1.54, 1.807) is 12.3 Å². The van der Waals surface area contributed by atoms with Crippen LogP contribution in [-0.2, 0) is 0 Å². The molecule has 0 saturated carbocycles. The number of pyridine rings is 1. The van der Waals surface area contributed by atoms with E-state index in [0.717, 1.165) is 10.9 Å². The molecule has 0 saturated heterocycles. The van der Waals surface area contributed by atoms with Crippen LogP contribution in [0.1, 0.15) is 18.1 Å². The van der Waals surface area contributed by atoms with Crippen LogP contribution >= 0.6 is 0 Å². The maximum absolute atomic E-state index is 10.1. The molecular formula is C13H16N2O2. The van der Waals surface area contributed by atoms with E-state index in [-0.39, 0.29) is 0 Å². The van der Waals surface area contributed by atoms with Gasteiger partial charge in [-0.05, 0) is 30.7 Å². The molecule has 4 N–H and O–H groups in total. The van der Waals surface area contributed by atoms with E-state index in [1.807, 2.05) is 24.3 Å². The van der Waals surface area contributed by atoms with Crippen molar-refractivity contribution in [1.29, 1.82) is 0 Å². The van der Waals surface area contributed by atoms with Crippen LogP contribution in [0.3, 0.4) is 0 Å². The Bertz CT molecular complexity index is 496. The van der Waals surface area contributed by atoms with E-state index >= 15 is 0 Å². The minimum absolute atomic E-state index is 0.348. The molecule has 4 heteroatoms. The van der Waals surface area contributed by atoms with Gasteiger partial charge >= 0.3 is 0 Å². The second-order valence-corrected chi connectivity index (χ2v) is 4.01. The third-order valence-electron chi connectivity index (χ3n) is 2.82. The van der Waals surface area contributed by atoms with E-state index in [1.165, 1.54) is 0 Å². The van der Waals surface area contributed by atoms with Crippen LogP contribution < -0.4 is 5.73 Å². The van der Waals surface area contributed by atoms with Crippen molar-refractivity contribution in [3.63, 3.8) is 0 Å². The number of fused-ring (bicyclic) bond motifs is 1. The summed E-state index contributed by atoms with van der Waals surface area (Å²) in [4.78, 5) is 4.21. The fourth-order valence-corrected chi connectivity index (χ4v) is 1.92. The van der Waals surface area contributed by atoms with Gasteiger partial charge in [-0.25, -0.2) is 0 Å². The molecule has 1 aromatic heterocycles. The maximum atomic E-state index is 10.1. The number of nitrogens with zero attached hydrogens (tertiary/aromatic N) is 1. The molecule has 2 rings (SSSR count). The average Bonchev–Trinajstić information content (AvgIpc) is 2.37. The molecule has 2 unspecified atom stereocenters. The molecule has 2 aromatic rings. The van der Waals surface area contributed by atoms with Gasteiger partial charge in [-0.3, -0.25) is 4.98 Å². The highest BCUT2D eigenvalue weighted by molar-refractivity contribution is 5.82. The van der Waals surface area contributed by atoms with Gasteiger partial charge in [-0.2, -0.15) is 0 Å². The van der Waals surface area contributed by atoms with E-state index in [4.69, 9.17) is 5.73 Å². The minimum Gasteiger partial charge on any atom is -0.390 e. The number of benzene rings is 1. The number of aliphatic hydroxyl groups excluding tert-OH is 2. The Hall–Kier alpha value is -1.49. The summed E-state index contributed by atoms with van der Waals surface area (Å²) in [6, 6.07) is 9.20. The molecule has 90 valence electrons. The minimum atomic E-state index is -0.925. The van der Waals surface area contributed by atoms with Crippen molar-refractivity contribution in [2.75, 3.05) is 6.54 Å². The smallest absolute Gasteiger partial charge is 0.106 e. The van der Waals surface area contributed by atoms with E-state index in [2.05, 4.69) is 4.98 Å². The summed E-state index contributed by atoms with van der Waals surface area (Å²) >= 11 is 0. The van der Waals surface area contributed by atoms with Crippen LogP contribution in [0, 0.1) is 0 Å². The zero-order chi connectivity index (χ0) is 12.3. The first-order valence-corrected chi connectivity index (χ1v) is 5.64. The summed E-state index contributed by atoms with van der Waals surface area (Å²) in [5.74, 6) is 0. The summed E-state index contributed by atoms with van der Waals surface area (Å²) in [5, 5.41) is 20.7. The first-order chi connectivity index (χ1) is 8.24. The Labute approximate surface area is 99.7 Å². The van der Waals surface area contributed by atoms with Crippen LogP contribution in [0.5, 0.6) is 0 Å². The van der Waals surface area contributed by atoms with Gasteiger partial charge in [0.2, 0.25) is 0 Å². The van der Waals surface area contributed by atoms with E-state index < -0.39 is 12.2 Å². The number of hydrogen-bond donors (Lipinski definition) is 3. The van der Waals surface area contributed by atoms with Crippen LogP contribution in [0.4, 0.5) is 0 Å². The van der Waals surface area contributed by atoms with Gasteiger partial charge in [0.25, 0.3) is 0 Å². The predicted molar refractivity (Wildman–Crippen MR) is 66.4 cm³/mol. The number of hydrogen-bond acceptors (Lipinski definition) is 4. The Morgan fingerprint density at radius 1 is 1.18 bits per heavy atom. The SMILES string of the molecule is NCCC(O)C(O)c1cccc2ncccc12. The molecule has 0 aliphatic heterocycles. The van der Waals surface area contributed by atoms with E-state index in [0.29, 0.717) is 18.5 Å². The number of nitrogens with two attached hydrogens (primary N) is 1. The van der Waals surface area contributed by atoms with Crippen molar-refractivity contribution in [3.8, 4) is 0 Å². The van der Waals surface area contributed by atoms with Gasteiger partial charge in [0, 0.05) is 11.6 Å². The van der Waals surface area contributed by atoms with Gasteiger partial charge in [0.15, 0.2) is 0 Å². The van der Waals surface area contributed by atoms with Crippen LogP contribution in [0.2, 0.25) is 0 Å². The highest BCUT2D eigenvalue weighted by Gasteiger charge is 2.19. The molecule has 0 aliphatic carbocycles. The van der Waals surface area contributed by atoms with Crippen molar-refractivity contribution >= 4 is 10.9 Å². The molecule has 0 amide bonds. The lowest BCUT2D eigenvalue weighted by molar-refractivity contribution is 0.0159. The Kier molecular flexibility index (Phi) is 3.68. The monoisotopic (exact) mass is 232 g/mol. The van der Waals surface area contributed by atoms with Gasteiger partial charge in [-0.15, -0.1) is 0 Å².